The first-order chi connectivity index (χ1) is 17.5. The van der Waals surface area contributed by atoms with Crippen molar-refractivity contribution in [2.45, 2.75) is 52.7 Å². The van der Waals surface area contributed by atoms with Gasteiger partial charge >= 0.3 is 11.9 Å². The molecular weight excluding hydrogens is 480 g/mol. The number of hydrogen-bond donors (Lipinski definition) is 2. The fourth-order valence-corrected chi connectivity index (χ4v) is 4.52. The third-order valence-corrected chi connectivity index (χ3v) is 6.34. The molecule has 1 fully saturated rings. The molecule has 1 aromatic carbocycles. The first-order valence-electron chi connectivity index (χ1n) is 12.0. The Hall–Kier alpha value is -3.92. The molecule has 0 saturated carbocycles. The highest BCUT2D eigenvalue weighted by atomic mass is 16.7. The maximum atomic E-state index is 13.1. The molecule has 37 heavy (non-hydrogen) atoms. The van der Waals surface area contributed by atoms with Crippen molar-refractivity contribution in [3.8, 4) is 0 Å². The number of benzene rings is 1. The standard InChI is InChI=1S/C27H30N2O8/c1-15(30)22-19-13-18(17-8-5-7-16(11-17)12-20(31)28-21-9-6-10-35-21)23(29(19)24(22)32)25(33)36-14-37-26(34)27(2,3)4/h5-11,15,19,22,30H,12-14H2,1-4H3,(H,28,31)/t15-,19-,22-/m1/s1. The van der Waals surface area contributed by atoms with E-state index in [0.29, 0.717) is 29.0 Å². The zero-order chi connectivity index (χ0) is 26.9. The lowest BCUT2D eigenvalue weighted by Crippen LogP contribution is -2.61. The largest absolute Gasteiger partial charge is 0.449 e. The number of β-lactam (4-membered cyclic amide) rings is 1. The number of carbonyl (C=O) groups is 4. The van der Waals surface area contributed by atoms with E-state index in [0.717, 1.165) is 0 Å². The minimum Gasteiger partial charge on any atom is -0.449 e. The Balaban J connectivity index is 1.56. The lowest BCUT2D eigenvalue weighted by atomic mass is 9.82. The molecule has 10 nitrogen and oxygen atoms in total. The minimum atomic E-state index is -0.880. The summed E-state index contributed by atoms with van der Waals surface area (Å²) in [5.74, 6) is -2.29. The van der Waals surface area contributed by atoms with Crippen LogP contribution in [0.3, 0.4) is 0 Å². The van der Waals surface area contributed by atoms with Gasteiger partial charge < -0.3 is 23.9 Å². The maximum absolute atomic E-state index is 13.1. The van der Waals surface area contributed by atoms with Gasteiger partial charge in [0.2, 0.25) is 18.6 Å². The molecule has 1 saturated heterocycles. The molecule has 2 N–H and O–H groups in total. The normalized spacial score (nSPS) is 19.7. The molecule has 2 amide bonds. The molecule has 3 atom stereocenters. The molecule has 3 heterocycles. The highest BCUT2D eigenvalue weighted by Gasteiger charge is 2.57. The fourth-order valence-electron chi connectivity index (χ4n) is 4.52. The molecule has 1 aromatic heterocycles. The lowest BCUT2D eigenvalue weighted by molar-refractivity contribution is -0.175. The average molecular weight is 511 g/mol. The Labute approximate surface area is 214 Å². The molecule has 0 bridgehead atoms. The molecule has 196 valence electrons. The highest BCUT2D eigenvalue weighted by Crippen LogP contribution is 2.47. The van der Waals surface area contributed by atoms with Crippen molar-refractivity contribution in [1.29, 1.82) is 0 Å². The van der Waals surface area contributed by atoms with E-state index in [1.807, 2.05) is 0 Å². The number of ether oxygens (including phenoxy) is 2. The summed E-state index contributed by atoms with van der Waals surface area (Å²) >= 11 is 0. The van der Waals surface area contributed by atoms with Crippen LogP contribution in [0.1, 0.15) is 45.2 Å². The molecule has 10 heteroatoms. The summed E-state index contributed by atoms with van der Waals surface area (Å²) < 4.78 is 15.4. The molecule has 0 unspecified atom stereocenters. The summed E-state index contributed by atoms with van der Waals surface area (Å²) in [6.45, 7) is 5.98. The monoisotopic (exact) mass is 510 g/mol. The first-order valence-corrected chi connectivity index (χ1v) is 12.0. The summed E-state index contributed by atoms with van der Waals surface area (Å²) in [5, 5.41) is 12.8. The Morgan fingerprint density at radius 3 is 2.59 bits per heavy atom. The van der Waals surface area contributed by atoms with E-state index in [4.69, 9.17) is 13.9 Å². The number of fused-ring (bicyclic) bond motifs is 1. The summed E-state index contributed by atoms with van der Waals surface area (Å²) in [4.78, 5) is 51.7. The van der Waals surface area contributed by atoms with Crippen molar-refractivity contribution in [1.82, 2.24) is 4.90 Å². The van der Waals surface area contributed by atoms with Crippen LogP contribution in [0.4, 0.5) is 5.88 Å². The summed E-state index contributed by atoms with van der Waals surface area (Å²) in [7, 11) is 0. The van der Waals surface area contributed by atoms with E-state index in [1.54, 1.807) is 64.1 Å². The number of anilines is 1. The van der Waals surface area contributed by atoms with Gasteiger partial charge in [0, 0.05) is 6.07 Å². The van der Waals surface area contributed by atoms with Gasteiger partial charge in [0.05, 0.1) is 36.2 Å². The third kappa shape index (κ3) is 5.43. The van der Waals surface area contributed by atoms with Crippen LogP contribution in [0.15, 0.2) is 52.8 Å². The smallest absolute Gasteiger partial charge is 0.358 e. The predicted molar refractivity (Wildman–Crippen MR) is 131 cm³/mol. The van der Waals surface area contributed by atoms with Crippen LogP contribution in [0, 0.1) is 11.3 Å². The molecular formula is C27H30N2O8. The van der Waals surface area contributed by atoms with Crippen LogP contribution in [0.5, 0.6) is 0 Å². The van der Waals surface area contributed by atoms with E-state index >= 15 is 0 Å². The summed E-state index contributed by atoms with van der Waals surface area (Å²) in [6.07, 6.45) is 0.969. The van der Waals surface area contributed by atoms with Crippen molar-refractivity contribution in [2.75, 3.05) is 12.1 Å². The molecule has 4 rings (SSSR count). The Bertz CT molecular complexity index is 1240. The number of esters is 2. The number of amides is 2. The van der Waals surface area contributed by atoms with Crippen molar-refractivity contribution >= 4 is 35.2 Å². The maximum Gasteiger partial charge on any atom is 0.358 e. The molecule has 2 aromatic rings. The van der Waals surface area contributed by atoms with Gasteiger partial charge in [-0.2, -0.15) is 0 Å². The van der Waals surface area contributed by atoms with Gasteiger partial charge in [0.1, 0.15) is 5.70 Å². The van der Waals surface area contributed by atoms with Gasteiger partial charge in [-0.1, -0.05) is 24.3 Å². The molecule has 0 radical (unpaired) electrons. The Kier molecular flexibility index (Phi) is 7.22. The number of furan rings is 1. The van der Waals surface area contributed by atoms with Gasteiger partial charge in [-0.25, -0.2) is 4.79 Å². The number of nitrogens with zero attached hydrogens (tertiary/aromatic N) is 1. The van der Waals surface area contributed by atoms with Crippen LogP contribution in [0.2, 0.25) is 0 Å². The van der Waals surface area contributed by atoms with Crippen LogP contribution in [0.25, 0.3) is 5.57 Å². The predicted octanol–water partition coefficient (Wildman–Crippen LogP) is 2.87. The number of carbonyl (C=O) groups excluding carboxylic acids is 4. The van der Waals surface area contributed by atoms with Gasteiger partial charge in [0.15, 0.2) is 5.88 Å². The lowest BCUT2D eigenvalue weighted by Gasteiger charge is -2.44. The molecule has 2 aliphatic rings. The second-order valence-electron chi connectivity index (χ2n) is 10.2. The topological polar surface area (TPSA) is 135 Å². The Morgan fingerprint density at radius 1 is 1.19 bits per heavy atom. The van der Waals surface area contributed by atoms with E-state index in [2.05, 4.69) is 5.32 Å². The Morgan fingerprint density at radius 2 is 1.95 bits per heavy atom. The highest BCUT2D eigenvalue weighted by molar-refractivity contribution is 6.07. The quantitative estimate of drug-likeness (QED) is 0.314. The van der Waals surface area contributed by atoms with Gasteiger partial charge in [0.25, 0.3) is 0 Å². The SMILES string of the molecule is C[C@@H](O)[C@H]1C(=O)N2C(C(=O)OCOC(=O)C(C)(C)C)=C(c3cccc(CC(=O)Nc4ccco4)c3)C[C@H]12. The second-order valence-corrected chi connectivity index (χ2v) is 10.2. The third-order valence-electron chi connectivity index (χ3n) is 6.34. The average Bonchev–Trinajstić information content (AvgIpc) is 3.44. The van der Waals surface area contributed by atoms with E-state index in [1.165, 1.54) is 11.2 Å². The molecule has 0 aliphatic carbocycles. The van der Waals surface area contributed by atoms with Crippen LogP contribution in [-0.4, -0.2) is 52.7 Å². The van der Waals surface area contributed by atoms with Crippen molar-refractivity contribution < 1.29 is 38.2 Å². The molecule has 2 aliphatic heterocycles. The summed E-state index contributed by atoms with van der Waals surface area (Å²) in [5.41, 5.74) is 1.18. The van der Waals surface area contributed by atoms with Crippen LogP contribution in [-0.2, 0) is 35.1 Å². The van der Waals surface area contributed by atoms with Crippen molar-refractivity contribution in [3.05, 3.63) is 59.5 Å². The first kappa shape index (κ1) is 26.2. The fraction of sp³-hybridized carbons (Fsp3) is 0.407. The second kappa shape index (κ2) is 10.2. The number of hydrogen-bond acceptors (Lipinski definition) is 8. The minimum absolute atomic E-state index is 0.0518. The number of aliphatic hydroxyl groups excluding tert-OH is 1. The van der Waals surface area contributed by atoms with Gasteiger partial charge in [-0.3, -0.25) is 19.7 Å². The number of nitrogens with one attached hydrogen (secondary N) is 1. The van der Waals surface area contributed by atoms with Crippen LogP contribution < -0.4 is 5.32 Å². The zero-order valence-corrected chi connectivity index (χ0v) is 21.1. The van der Waals surface area contributed by atoms with Crippen molar-refractivity contribution in [2.24, 2.45) is 11.3 Å². The zero-order valence-electron chi connectivity index (χ0n) is 21.1. The van der Waals surface area contributed by atoms with Gasteiger partial charge in [-0.15, -0.1) is 0 Å². The van der Waals surface area contributed by atoms with E-state index in [9.17, 15) is 24.3 Å². The molecule has 0 spiro atoms. The van der Waals surface area contributed by atoms with E-state index in [-0.39, 0.29) is 23.9 Å². The summed E-state index contributed by atoms with van der Waals surface area (Å²) in [6, 6.07) is 10.0. The van der Waals surface area contributed by atoms with Crippen LogP contribution >= 0.6 is 0 Å². The van der Waals surface area contributed by atoms with Gasteiger partial charge in [-0.05, 0) is 56.9 Å². The number of rotatable bonds is 8. The number of aliphatic hydroxyl groups is 1. The van der Waals surface area contributed by atoms with E-state index < -0.39 is 42.2 Å². The van der Waals surface area contributed by atoms with Crippen molar-refractivity contribution in [3.63, 3.8) is 0 Å².